The average molecular weight is 464 g/mol. The lowest BCUT2D eigenvalue weighted by Gasteiger charge is -2.14. The van der Waals surface area contributed by atoms with Gasteiger partial charge in [0.2, 0.25) is 5.58 Å². The molecule has 0 amide bonds. The van der Waals surface area contributed by atoms with Crippen LogP contribution in [0, 0.1) is 11.7 Å². The molecule has 10 heteroatoms. The van der Waals surface area contributed by atoms with E-state index < -0.39 is 17.1 Å². The number of hydrogen-bond acceptors (Lipinski definition) is 8. The summed E-state index contributed by atoms with van der Waals surface area (Å²) in [5.74, 6) is -0.477. The maximum absolute atomic E-state index is 12.0. The number of esters is 1. The Labute approximate surface area is 190 Å². The van der Waals surface area contributed by atoms with Crippen LogP contribution in [0.3, 0.4) is 0 Å². The second kappa shape index (κ2) is 13.7. The highest BCUT2D eigenvalue weighted by atomic mass is 19.1. The summed E-state index contributed by atoms with van der Waals surface area (Å²) in [4.78, 5) is 38.6. The summed E-state index contributed by atoms with van der Waals surface area (Å²) < 4.78 is 26.8. The van der Waals surface area contributed by atoms with E-state index in [-0.39, 0.29) is 28.9 Å². The predicted octanol–water partition coefficient (Wildman–Crippen LogP) is 3.79. The number of aromatic amines is 1. The number of aromatic hydroxyl groups is 1. The number of phenolic OH excluding ortho intramolecular Hbond substituents is 1. The minimum absolute atomic E-state index is 0.0370. The highest BCUT2D eigenvalue weighted by Crippen LogP contribution is 2.18. The second-order valence-electron chi connectivity index (χ2n) is 7.30. The van der Waals surface area contributed by atoms with E-state index in [1.54, 1.807) is 0 Å². The second-order valence-corrected chi connectivity index (χ2v) is 7.30. The first-order chi connectivity index (χ1) is 15.6. The van der Waals surface area contributed by atoms with Crippen molar-refractivity contribution in [2.75, 3.05) is 7.11 Å². The normalized spacial score (nSPS) is 11.0. The first-order valence-electron chi connectivity index (χ1n) is 10.3. The zero-order chi connectivity index (χ0) is 25.0. The number of nitrogens with zero attached hydrogens (tertiary/aromatic N) is 1. The third-order valence-electron chi connectivity index (χ3n) is 3.95. The number of phenols is 1. The number of ether oxygens (including phenoxy) is 2. The fourth-order valence-electron chi connectivity index (χ4n) is 2.62. The maximum atomic E-state index is 12.0. The topological polar surface area (TPSA) is 132 Å². The van der Waals surface area contributed by atoms with Gasteiger partial charge in [-0.15, -0.1) is 0 Å². The highest BCUT2D eigenvalue weighted by Gasteiger charge is 2.09. The van der Waals surface area contributed by atoms with Crippen LogP contribution in [0.5, 0.6) is 11.5 Å². The molecule has 0 aliphatic heterocycles. The van der Waals surface area contributed by atoms with E-state index in [0.29, 0.717) is 18.1 Å². The number of methoxy groups -OCH3 is 1. The van der Waals surface area contributed by atoms with Gasteiger partial charge in [0.1, 0.15) is 11.6 Å². The zero-order valence-corrected chi connectivity index (χ0v) is 19.3. The summed E-state index contributed by atoms with van der Waals surface area (Å²) in [6, 6.07) is 6.71. The summed E-state index contributed by atoms with van der Waals surface area (Å²) in [6.45, 7) is 7.99. The number of carbonyl (C=O) groups is 1. The van der Waals surface area contributed by atoms with E-state index in [0.717, 1.165) is 12.5 Å². The lowest BCUT2D eigenvalue weighted by atomic mass is 10.1. The molecule has 0 saturated heterocycles. The SMILES string of the molecule is CCC(=O)OC(C)CC(C)C.COc1ccnc2c(=O)[nH]c(=O)oc12.Oc1cccc(F)c1. The summed E-state index contributed by atoms with van der Waals surface area (Å²) in [6.07, 6.45) is 2.90. The average Bonchev–Trinajstić information content (AvgIpc) is 2.73. The molecule has 2 aromatic heterocycles. The number of hydrogen-bond donors (Lipinski definition) is 2. The molecule has 0 saturated carbocycles. The van der Waals surface area contributed by atoms with Gasteiger partial charge in [-0.25, -0.2) is 14.2 Å². The molecule has 0 bridgehead atoms. The largest absolute Gasteiger partial charge is 0.508 e. The lowest BCUT2D eigenvalue weighted by Crippen LogP contribution is -2.19. The van der Waals surface area contributed by atoms with E-state index in [2.05, 4.69) is 18.8 Å². The molecular weight excluding hydrogens is 435 g/mol. The summed E-state index contributed by atoms with van der Waals surface area (Å²) in [5, 5.41) is 8.57. The highest BCUT2D eigenvalue weighted by molar-refractivity contribution is 5.76. The zero-order valence-electron chi connectivity index (χ0n) is 19.3. The van der Waals surface area contributed by atoms with Gasteiger partial charge in [0, 0.05) is 24.8 Å². The van der Waals surface area contributed by atoms with Crippen LogP contribution in [0.2, 0.25) is 0 Å². The number of carbonyl (C=O) groups excluding carboxylic acids is 1. The van der Waals surface area contributed by atoms with Crippen LogP contribution in [0.25, 0.3) is 11.1 Å². The molecule has 0 fully saturated rings. The number of nitrogens with one attached hydrogen (secondary N) is 1. The minimum atomic E-state index is -0.825. The molecule has 3 aromatic rings. The number of fused-ring (bicyclic) bond motifs is 1. The number of pyridine rings is 1. The molecule has 0 radical (unpaired) electrons. The molecule has 9 nitrogen and oxygen atoms in total. The Hall–Kier alpha value is -3.69. The van der Waals surface area contributed by atoms with E-state index in [1.165, 1.54) is 37.6 Å². The van der Waals surface area contributed by atoms with Crippen molar-refractivity contribution in [3.63, 3.8) is 0 Å². The molecule has 3 rings (SSSR count). The molecule has 1 unspecified atom stereocenters. The van der Waals surface area contributed by atoms with E-state index >= 15 is 0 Å². The number of halogens is 1. The first-order valence-corrected chi connectivity index (χ1v) is 10.3. The quantitative estimate of drug-likeness (QED) is 0.545. The van der Waals surface area contributed by atoms with Crippen LogP contribution in [0.1, 0.15) is 40.5 Å². The molecule has 1 aromatic carbocycles. The van der Waals surface area contributed by atoms with Crippen molar-refractivity contribution in [3.05, 3.63) is 63.3 Å². The number of rotatable bonds is 5. The molecular formula is C23H29FN2O7. The van der Waals surface area contributed by atoms with Crippen LogP contribution < -0.4 is 16.1 Å². The Bertz CT molecular complexity index is 1120. The predicted molar refractivity (Wildman–Crippen MR) is 121 cm³/mol. The first kappa shape index (κ1) is 27.3. The molecule has 2 heterocycles. The molecule has 180 valence electrons. The van der Waals surface area contributed by atoms with Crippen LogP contribution in [0.4, 0.5) is 4.39 Å². The van der Waals surface area contributed by atoms with Crippen molar-refractivity contribution in [1.82, 2.24) is 9.97 Å². The summed E-state index contributed by atoms with van der Waals surface area (Å²) in [5.41, 5.74) is -0.483. The van der Waals surface area contributed by atoms with Crippen LogP contribution in [-0.4, -0.2) is 34.3 Å². The Morgan fingerprint density at radius 3 is 2.45 bits per heavy atom. The third-order valence-corrected chi connectivity index (χ3v) is 3.95. The van der Waals surface area contributed by atoms with Gasteiger partial charge in [-0.1, -0.05) is 26.8 Å². The van der Waals surface area contributed by atoms with Crippen molar-refractivity contribution in [2.45, 2.75) is 46.6 Å². The smallest absolute Gasteiger partial charge is 0.419 e. The van der Waals surface area contributed by atoms with Gasteiger partial charge < -0.3 is 19.0 Å². The molecule has 0 aliphatic carbocycles. The lowest BCUT2D eigenvalue weighted by molar-refractivity contribution is -0.148. The number of aromatic nitrogens is 2. The van der Waals surface area contributed by atoms with Gasteiger partial charge in [0.25, 0.3) is 5.56 Å². The number of benzene rings is 1. The fraction of sp³-hybridized carbons (Fsp3) is 0.391. The molecule has 33 heavy (non-hydrogen) atoms. The Morgan fingerprint density at radius 2 is 1.94 bits per heavy atom. The van der Waals surface area contributed by atoms with Crippen molar-refractivity contribution in [2.24, 2.45) is 5.92 Å². The van der Waals surface area contributed by atoms with Crippen LogP contribution >= 0.6 is 0 Å². The minimum Gasteiger partial charge on any atom is -0.508 e. The van der Waals surface area contributed by atoms with Crippen molar-refractivity contribution in [1.29, 1.82) is 0 Å². The fourth-order valence-corrected chi connectivity index (χ4v) is 2.62. The standard InChI is InChI=1S/C9H18O2.C8H6N2O4.C6H5FO/c1-5-9(10)11-8(4)6-7(2)3;1-13-4-2-3-9-5-6(4)14-8(12)10-7(5)11;7-5-2-1-3-6(8)4-5/h7-8H,5-6H2,1-4H3;2-3H,1H3,(H,10,11,12);1-4,8H. The van der Waals surface area contributed by atoms with Crippen molar-refractivity contribution in [3.8, 4) is 11.5 Å². The van der Waals surface area contributed by atoms with Crippen molar-refractivity contribution >= 4 is 17.1 Å². The van der Waals surface area contributed by atoms with Gasteiger partial charge in [0.15, 0.2) is 11.3 Å². The Kier molecular flexibility index (Phi) is 11.3. The van der Waals surface area contributed by atoms with Gasteiger partial charge in [0.05, 0.1) is 13.2 Å². The van der Waals surface area contributed by atoms with Gasteiger partial charge in [-0.3, -0.25) is 14.6 Å². The van der Waals surface area contributed by atoms with E-state index in [1.807, 2.05) is 18.8 Å². The molecule has 1 atom stereocenters. The van der Waals surface area contributed by atoms with Gasteiger partial charge in [-0.05, 0) is 31.4 Å². The monoisotopic (exact) mass is 464 g/mol. The maximum Gasteiger partial charge on any atom is 0.419 e. The Balaban J connectivity index is 0.000000258. The van der Waals surface area contributed by atoms with Gasteiger partial charge in [-0.2, -0.15) is 0 Å². The molecule has 2 N–H and O–H groups in total. The molecule has 0 aliphatic rings. The van der Waals surface area contributed by atoms with Crippen LogP contribution in [-0.2, 0) is 9.53 Å². The van der Waals surface area contributed by atoms with E-state index in [4.69, 9.17) is 19.0 Å². The summed E-state index contributed by atoms with van der Waals surface area (Å²) in [7, 11) is 1.41. The molecule has 0 spiro atoms. The van der Waals surface area contributed by atoms with Crippen molar-refractivity contribution < 1.29 is 28.2 Å². The van der Waals surface area contributed by atoms with Crippen LogP contribution in [0.15, 0.2) is 50.5 Å². The van der Waals surface area contributed by atoms with Gasteiger partial charge >= 0.3 is 11.7 Å². The third kappa shape index (κ3) is 9.98. The Morgan fingerprint density at radius 1 is 1.24 bits per heavy atom. The van der Waals surface area contributed by atoms with E-state index in [9.17, 15) is 18.8 Å². The summed E-state index contributed by atoms with van der Waals surface area (Å²) >= 11 is 0. The number of H-pyrrole nitrogens is 1.